The maximum atomic E-state index is 11.8. The van der Waals surface area contributed by atoms with Crippen molar-refractivity contribution in [3.8, 4) is 5.75 Å². The fourth-order valence-corrected chi connectivity index (χ4v) is 2.07. The molecule has 0 radical (unpaired) electrons. The number of hydrogen-bond acceptors (Lipinski definition) is 5. The normalized spacial score (nSPS) is 10.5. The van der Waals surface area contributed by atoms with Gasteiger partial charge in [-0.2, -0.15) is 5.10 Å². The monoisotopic (exact) mass is 316 g/mol. The van der Waals surface area contributed by atoms with Gasteiger partial charge in [0.15, 0.2) is 0 Å². The molecule has 124 valence electrons. The third-order valence-electron chi connectivity index (χ3n) is 3.32. The molecular weight excluding hydrogens is 292 g/mol. The zero-order valence-electron chi connectivity index (χ0n) is 13.7. The molecule has 0 aliphatic rings. The third kappa shape index (κ3) is 5.75. The minimum atomic E-state index is -0.0667. The first-order chi connectivity index (χ1) is 11.2. The van der Waals surface area contributed by atoms with Crippen molar-refractivity contribution in [2.24, 2.45) is 0 Å². The maximum absolute atomic E-state index is 11.8. The van der Waals surface area contributed by atoms with E-state index in [1.807, 2.05) is 49.3 Å². The van der Waals surface area contributed by atoms with Gasteiger partial charge in [0.05, 0.1) is 0 Å². The number of anilines is 1. The highest BCUT2D eigenvalue weighted by molar-refractivity contribution is 5.33. The van der Waals surface area contributed by atoms with Gasteiger partial charge in [-0.05, 0) is 31.2 Å². The highest BCUT2D eigenvalue weighted by Crippen LogP contribution is 2.07. The predicted octanol–water partition coefficient (Wildman–Crippen LogP) is 1.37. The second-order valence-corrected chi connectivity index (χ2v) is 5.41. The largest absolute Gasteiger partial charge is 0.492 e. The van der Waals surface area contributed by atoms with E-state index >= 15 is 0 Å². The highest BCUT2D eigenvalue weighted by atomic mass is 16.5. The van der Waals surface area contributed by atoms with Crippen molar-refractivity contribution in [2.75, 3.05) is 38.7 Å². The number of aromatic nitrogens is 2. The molecular formula is C17H24N4O2. The molecule has 0 saturated carbocycles. The van der Waals surface area contributed by atoms with Crippen molar-refractivity contribution in [1.82, 2.24) is 15.1 Å². The Hall–Kier alpha value is -2.34. The lowest BCUT2D eigenvalue weighted by atomic mass is 10.3. The quantitative estimate of drug-likeness (QED) is 0.708. The zero-order valence-corrected chi connectivity index (χ0v) is 13.7. The van der Waals surface area contributed by atoms with Crippen molar-refractivity contribution in [3.05, 3.63) is 52.8 Å². The van der Waals surface area contributed by atoms with Crippen molar-refractivity contribution in [1.29, 1.82) is 0 Å². The number of rotatable bonds is 9. The lowest BCUT2D eigenvalue weighted by Crippen LogP contribution is -2.27. The molecule has 1 aromatic carbocycles. The van der Waals surface area contributed by atoms with Crippen LogP contribution in [0.1, 0.15) is 6.42 Å². The second kappa shape index (κ2) is 8.95. The molecule has 0 saturated heterocycles. The summed E-state index contributed by atoms with van der Waals surface area (Å²) in [5, 5.41) is 7.63. The zero-order chi connectivity index (χ0) is 16.5. The summed E-state index contributed by atoms with van der Waals surface area (Å²) in [6.07, 6.45) is 0.842. The van der Waals surface area contributed by atoms with Crippen molar-refractivity contribution >= 4 is 5.82 Å². The van der Waals surface area contributed by atoms with Gasteiger partial charge in [-0.3, -0.25) is 4.79 Å². The molecule has 0 bridgehead atoms. The van der Waals surface area contributed by atoms with E-state index in [-0.39, 0.29) is 5.56 Å². The summed E-state index contributed by atoms with van der Waals surface area (Å²) < 4.78 is 7.11. The van der Waals surface area contributed by atoms with Crippen molar-refractivity contribution < 1.29 is 4.74 Å². The number of aryl methyl sites for hydroxylation is 1. The molecule has 0 amide bonds. The summed E-state index contributed by atoms with van der Waals surface area (Å²) >= 11 is 0. The molecule has 6 heteroatoms. The summed E-state index contributed by atoms with van der Waals surface area (Å²) in [7, 11) is 3.82. The van der Waals surface area contributed by atoms with E-state index in [1.165, 1.54) is 4.68 Å². The fourth-order valence-electron chi connectivity index (χ4n) is 2.07. The molecule has 0 spiro atoms. The first kappa shape index (κ1) is 17.0. The number of ether oxygens (including phenoxy) is 1. The number of nitrogens with one attached hydrogen (secondary N) is 1. The first-order valence-electron chi connectivity index (χ1n) is 7.81. The smallest absolute Gasteiger partial charge is 0.266 e. The van der Waals surface area contributed by atoms with E-state index in [2.05, 4.69) is 10.4 Å². The van der Waals surface area contributed by atoms with Crippen LogP contribution in [0.25, 0.3) is 0 Å². The summed E-state index contributed by atoms with van der Waals surface area (Å²) in [6.45, 7) is 2.82. The standard InChI is InChI=1S/C17H24N4O2/c1-20(2)16-9-10-17(22)21(19-16)13-6-11-18-12-14-23-15-7-4-3-5-8-15/h3-5,7-10,18H,6,11-14H2,1-2H3. The Morgan fingerprint density at radius 2 is 1.91 bits per heavy atom. The topological polar surface area (TPSA) is 59.4 Å². The Labute approximate surface area is 136 Å². The predicted molar refractivity (Wildman–Crippen MR) is 92.2 cm³/mol. The van der Waals surface area contributed by atoms with Crippen LogP contribution in [-0.4, -0.2) is 43.6 Å². The number of para-hydroxylation sites is 1. The van der Waals surface area contributed by atoms with Crippen LogP contribution < -0.4 is 20.5 Å². The van der Waals surface area contributed by atoms with Crippen molar-refractivity contribution in [2.45, 2.75) is 13.0 Å². The van der Waals surface area contributed by atoms with Crippen LogP contribution in [0.5, 0.6) is 5.75 Å². The van der Waals surface area contributed by atoms with E-state index in [1.54, 1.807) is 12.1 Å². The SMILES string of the molecule is CN(C)c1ccc(=O)n(CCCNCCOc2ccccc2)n1. The van der Waals surface area contributed by atoms with Crippen LogP contribution in [0, 0.1) is 0 Å². The van der Waals surface area contributed by atoms with Gasteiger partial charge in [0.2, 0.25) is 0 Å². The van der Waals surface area contributed by atoms with Crippen LogP contribution in [-0.2, 0) is 6.54 Å². The third-order valence-corrected chi connectivity index (χ3v) is 3.32. The van der Waals surface area contributed by atoms with E-state index in [0.29, 0.717) is 13.2 Å². The van der Waals surface area contributed by atoms with E-state index in [9.17, 15) is 4.79 Å². The molecule has 0 atom stereocenters. The molecule has 1 N–H and O–H groups in total. The molecule has 0 aliphatic carbocycles. The molecule has 2 rings (SSSR count). The average Bonchev–Trinajstić information content (AvgIpc) is 2.56. The van der Waals surface area contributed by atoms with Gasteiger partial charge >= 0.3 is 0 Å². The summed E-state index contributed by atoms with van der Waals surface area (Å²) in [5.41, 5.74) is -0.0667. The highest BCUT2D eigenvalue weighted by Gasteiger charge is 2.02. The van der Waals surface area contributed by atoms with Gasteiger partial charge in [0, 0.05) is 33.3 Å². The Morgan fingerprint density at radius 3 is 2.65 bits per heavy atom. The van der Waals surface area contributed by atoms with Crippen LogP contribution in [0.4, 0.5) is 5.82 Å². The average molecular weight is 316 g/mol. The molecule has 1 heterocycles. The van der Waals surface area contributed by atoms with Crippen molar-refractivity contribution in [3.63, 3.8) is 0 Å². The molecule has 1 aromatic heterocycles. The van der Waals surface area contributed by atoms with E-state index in [4.69, 9.17) is 4.74 Å². The van der Waals surface area contributed by atoms with Crippen LogP contribution in [0.2, 0.25) is 0 Å². The maximum Gasteiger partial charge on any atom is 0.266 e. The number of hydrogen-bond donors (Lipinski definition) is 1. The molecule has 0 fully saturated rings. The summed E-state index contributed by atoms with van der Waals surface area (Å²) in [5.74, 6) is 1.67. The van der Waals surface area contributed by atoms with E-state index in [0.717, 1.165) is 31.1 Å². The van der Waals surface area contributed by atoms with Gasteiger partial charge in [-0.15, -0.1) is 0 Å². The molecule has 0 unspecified atom stereocenters. The Balaban J connectivity index is 1.64. The fraction of sp³-hybridized carbons (Fsp3) is 0.412. The number of benzene rings is 1. The van der Waals surface area contributed by atoms with Crippen LogP contribution in [0.3, 0.4) is 0 Å². The Bertz CT molecular complexity index is 641. The minimum absolute atomic E-state index is 0.0667. The Kier molecular flexibility index (Phi) is 6.62. The summed E-state index contributed by atoms with van der Waals surface area (Å²) in [6, 6.07) is 13.0. The first-order valence-corrected chi connectivity index (χ1v) is 7.81. The lowest BCUT2D eigenvalue weighted by Gasteiger charge is -2.13. The van der Waals surface area contributed by atoms with Crippen LogP contribution in [0.15, 0.2) is 47.3 Å². The van der Waals surface area contributed by atoms with Gasteiger partial charge in [0.1, 0.15) is 18.2 Å². The van der Waals surface area contributed by atoms with Crippen LogP contribution >= 0.6 is 0 Å². The van der Waals surface area contributed by atoms with E-state index < -0.39 is 0 Å². The molecule has 0 aliphatic heterocycles. The number of nitrogens with zero attached hydrogens (tertiary/aromatic N) is 3. The van der Waals surface area contributed by atoms with Gasteiger partial charge in [-0.25, -0.2) is 4.68 Å². The minimum Gasteiger partial charge on any atom is -0.492 e. The lowest BCUT2D eigenvalue weighted by molar-refractivity contribution is 0.313. The second-order valence-electron chi connectivity index (χ2n) is 5.41. The Morgan fingerprint density at radius 1 is 1.13 bits per heavy atom. The molecule has 6 nitrogen and oxygen atoms in total. The molecule has 23 heavy (non-hydrogen) atoms. The molecule has 2 aromatic rings. The van der Waals surface area contributed by atoms with Gasteiger partial charge in [0.25, 0.3) is 5.56 Å². The van der Waals surface area contributed by atoms with Gasteiger partial charge in [-0.1, -0.05) is 18.2 Å². The van der Waals surface area contributed by atoms with Gasteiger partial charge < -0.3 is 15.0 Å². The summed E-state index contributed by atoms with van der Waals surface area (Å²) in [4.78, 5) is 13.6.